The van der Waals surface area contributed by atoms with Crippen LogP contribution in [0.4, 0.5) is 0 Å². The first-order chi connectivity index (χ1) is 8.20. The van der Waals surface area contributed by atoms with Crippen molar-refractivity contribution in [3.8, 4) is 5.88 Å². The van der Waals surface area contributed by atoms with Crippen LogP contribution in [-0.4, -0.2) is 22.4 Å². The topological polar surface area (TPSA) is 55.2 Å². The minimum atomic E-state index is -0.704. The summed E-state index contributed by atoms with van der Waals surface area (Å²) in [6, 6.07) is 5.17. The van der Waals surface area contributed by atoms with Crippen LogP contribution < -0.4 is 4.74 Å². The first-order valence-electron chi connectivity index (χ1n) is 4.98. The number of aliphatic hydroxyl groups is 1. The van der Waals surface area contributed by atoms with Gasteiger partial charge in [0, 0.05) is 17.4 Å². The van der Waals surface area contributed by atoms with E-state index in [-0.39, 0.29) is 0 Å². The van der Waals surface area contributed by atoms with Crippen molar-refractivity contribution in [1.29, 1.82) is 0 Å². The number of rotatable bonds is 4. The number of hydrogen-bond acceptors (Lipinski definition) is 5. The highest BCUT2D eigenvalue weighted by Gasteiger charge is 2.13. The van der Waals surface area contributed by atoms with Gasteiger partial charge in [-0.25, -0.2) is 0 Å². The number of thiophene rings is 1. The summed E-state index contributed by atoms with van der Waals surface area (Å²) in [5, 5.41) is 20.3. The molecule has 0 aliphatic heterocycles. The van der Waals surface area contributed by atoms with Gasteiger partial charge in [-0.15, -0.1) is 21.5 Å². The van der Waals surface area contributed by atoms with E-state index in [1.807, 2.05) is 11.4 Å². The van der Waals surface area contributed by atoms with Crippen molar-refractivity contribution in [2.45, 2.75) is 12.5 Å². The Morgan fingerprint density at radius 3 is 2.76 bits per heavy atom. The molecule has 6 heteroatoms. The average Bonchev–Trinajstić information content (AvgIpc) is 2.75. The van der Waals surface area contributed by atoms with E-state index in [2.05, 4.69) is 10.2 Å². The van der Waals surface area contributed by atoms with E-state index < -0.39 is 6.10 Å². The second-order valence-corrected chi connectivity index (χ2v) is 4.82. The second kappa shape index (κ2) is 5.44. The molecule has 1 unspecified atom stereocenters. The van der Waals surface area contributed by atoms with Crippen molar-refractivity contribution in [1.82, 2.24) is 10.2 Å². The first-order valence-corrected chi connectivity index (χ1v) is 6.24. The van der Waals surface area contributed by atoms with Gasteiger partial charge >= 0.3 is 0 Å². The zero-order chi connectivity index (χ0) is 12.3. The Kier molecular flexibility index (Phi) is 3.93. The molecule has 0 saturated carbocycles. The summed E-state index contributed by atoms with van der Waals surface area (Å²) >= 11 is 7.48. The fraction of sp³-hybridized carbons (Fsp3) is 0.273. The third-order valence-electron chi connectivity index (χ3n) is 2.28. The van der Waals surface area contributed by atoms with Gasteiger partial charge in [0.25, 0.3) is 0 Å². The Morgan fingerprint density at radius 1 is 1.41 bits per heavy atom. The van der Waals surface area contributed by atoms with E-state index in [1.165, 1.54) is 18.4 Å². The molecule has 0 saturated heterocycles. The molecule has 0 aliphatic rings. The highest BCUT2D eigenvalue weighted by Crippen LogP contribution is 2.27. The Balaban J connectivity index is 2.09. The van der Waals surface area contributed by atoms with E-state index in [9.17, 15) is 5.11 Å². The lowest BCUT2D eigenvalue weighted by Crippen LogP contribution is -2.05. The van der Waals surface area contributed by atoms with Crippen LogP contribution in [0.1, 0.15) is 16.7 Å². The molecular formula is C11H11ClN2O2S. The predicted molar refractivity (Wildman–Crippen MR) is 66.6 cm³/mol. The number of aromatic nitrogens is 2. The molecule has 0 spiro atoms. The maximum Gasteiger partial charge on any atom is 0.233 e. The van der Waals surface area contributed by atoms with E-state index in [1.54, 1.807) is 12.1 Å². The van der Waals surface area contributed by atoms with Gasteiger partial charge in [0.05, 0.1) is 17.8 Å². The van der Waals surface area contributed by atoms with Crippen molar-refractivity contribution in [2.24, 2.45) is 0 Å². The summed E-state index contributed by atoms with van der Waals surface area (Å²) in [6.45, 7) is 0. The van der Waals surface area contributed by atoms with Crippen LogP contribution in [0.15, 0.2) is 23.6 Å². The van der Waals surface area contributed by atoms with Crippen molar-refractivity contribution >= 4 is 22.9 Å². The molecule has 4 nitrogen and oxygen atoms in total. The third kappa shape index (κ3) is 2.94. The Bertz CT molecular complexity index is 486. The first kappa shape index (κ1) is 12.3. The molecule has 1 N–H and O–H groups in total. The number of halogens is 1. The summed E-state index contributed by atoms with van der Waals surface area (Å²) in [7, 11) is 1.52. The van der Waals surface area contributed by atoms with Gasteiger partial charge in [-0.3, -0.25) is 0 Å². The summed E-state index contributed by atoms with van der Waals surface area (Å²) < 4.78 is 4.90. The Labute approximate surface area is 108 Å². The third-order valence-corrected chi connectivity index (χ3v) is 3.69. The Hall–Kier alpha value is -1.17. The zero-order valence-electron chi connectivity index (χ0n) is 9.13. The maximum atomic E-state index is 9.99. The molecule has 0 amide bonds. The van der Waals surface area contributed by atoms with Crippen LogP contribution in [-0.2, 0) is 6.42 Å². The van der Waals surface area contributed by atoms with Gasteiger partial charge in [-0.05, 0) is 17.5 Å². The van der Waals surface area contributed by atoms with E-state index >= 15 is 0 Å². The smallest absolute Gasteiger partial charge is 0.233 e. The highest BCUT2D eigenvalue weighted by atomic mass is 35.5. The molecular weight excluding hydrogens is 260 g/mol. The minimum Gasteiger partial charge on any atom is -0.480 e. The largest absolute Gasteiger partial charge is 0.480 e. The quantitative estimate of drug-likeness (QED) is 0.927. The van der Waals surface area contributed by atoms with Crippen molar-refractivity contribution in [2.75, 3.05) is 7.11 Å². The summed E-state index contributed by atoms with van der Waals surface area (Å²) in [5.41, 5.74) is 0.510. The fourth-order valence-corrected chi connectivity index (χ4v) is 2.52. The SMILES string of the molecule is COc1ccc(C(O)Cc2sccc2Cl)nn1. The lowest BCUT2D eigenvalue weighted by Gasteiger charge is -2.08. The maximum absolute atomic E-state index is 9.99. The number of methoxy groups -OCH3 is 1. The van der Waals surface area contributed by atoms with Crippen molar-refractivity contribution < 1.29 is 9.84 Å². The van der Waals surface area contributed by atoms with Crippen LogP contribution in [0.5, 0.6) is 5.88 Å². The van der Waals surface area contributed by atoms with Gasteiger partial charge < -0.3 is 9.84 Å². The van der Waals surface area contributed by atoms with E-state index in [0.717, 1.165) is 4.88 Å². The summed E-state index contributed by atoms with van der Waals surface area (Å²) in [4.78, 5) is 0.941. The molecule has 1 atom stereocenters. The van der Waals surface area contributed by atoms with Crippen LogP contribution in [0.3, 0.4) is 0 Å². The molecule has 0 aromatic carbocycles. The monoisotopic (exact) mass is 270 g/mol. The van der Waals surface area contributed by atoms with Crippen LogP contribution >= 0.6 is 22.9 Å². The molecule has 0 radical (unpaired) electrons. The van der Waals surface area contributed by atoms with Crippen LogP contribution in [0, 0.1) is 0 Å². The lowest BCUT2D eigenvalue weighted by atomic mass is 10.1. The van der Waals surface area contributed by atoms with Gasteiger partial charge in [0.15, 0.2) is 0 Å². The normalized spacial score (nSPS) is 12.4. The fourth-order valence-electron chi connectivity index (χ4n) is 1.37. The molecule has 2 heterocycles. The molecule has 17 heavy (non-hydrogen) atoms. The van der Waals surface area contributed by atoms with Gasteiger partial charge in [-0.2, -0.15) is 0 Å². The van der Waals surface area contributed by atoms with Crippen LogP contribution in [0.25, 0.3) is 0 Å². The highest BCUT2D eigenvalue weighted by molar-refractivity contribution is 7.10. The second-order valence-electron chi connectivity index (χ2n) is 3.41. The number of aliphatic hydroxyl groups excluding tert-OH is 1. The molecule has 90 valence electrons. The number of ether oxygens (including phenoxy) is 1. The summed E-state index contributed by atoms with van der Waals surface area (Å²) in [5.74, 6) is 0.426. The average molecular weight is 271 g/mol. The Morgan fingerprint density at radius 2 is 2.24 bits per heavy atom. The molecule has 0 bridgehead atoms. The summed E-state index contributed by atoms with van der Waals surface area (Å²) in [6.07, 6.45) is -0.262. The predicted octanol–water partition coefficient (Wildman–Crippen LogP) is 2.48. The molecule has 0 aliphatic carbocycles. The van der Waals surface area contributed by atoms with E-state index in [0.29, 0.717) is 23.0 Å². The van der Waals surface area contributed by atoms with Gasteiger partial charge in [-0.1, -0.05) is 11.6 Å². The van der Waals surface area contributed by atoms with Crippen LogP contribution in [0.2, 0.25) is 5.02 Å². The lowest BCUT2D eigenvalue weighted by molar-refractivity contribution is 0.173. The van der Waals surface area contributed by atoms with E-state index in [4.69, 9.17) is 16.3 Å². The molecule has 0 fully saturated rings. The zero-order valence-corrected chi connectivity index (χ0v) is 10.7. The van der Waals surface area contributed by atoms with Gasteiger partial charge in [0.1, 0.15) is 6.10 Å². The number of nitrogens with zero attached hydrogens (tertiary/aromatic N) is 2. The molecule has 2 aromatic rings. The molecule has 2 aromatic heterocycles. The standard InChI is InChI=1S/C11H11ClN2O2S/c1-16-11-3-2-8(13-14-11)9(15)6-10-7(12)4-5-17-10/h2-5,9,15H,6H2,1H3. The number of hydrogen-bond donors (Lipinski definition) is 1. The molecule has 2 rings (SSSR count). The van der Waals surface area contributed by atoms with Crippen molar-refractivity contribution in [3.63, 3.8) is 0 Å². The van der Waals surface area contributed by atoms with Crippen molar-refractivity contribution in [3.05, 3.63) is 39.2 Å². The van der Waals surface area contributed by atoms with Gasteiger partial charge in [0.2, 0.25) is 5.88 Å². The minimum absolute atomic E-state index is 0.426.